The van der Waals surface area contributed by atoms with Gasteiger partial charge in [0.1, 0.15) is 0 Å². The van der Waals surface area contributed by atoms with Gasteiger partial charge >= 0.3 is 0 Å². The Bertz CT molecular complexity index is 173. The van der Waals surface area contributed by atoms with E-state index in [1.807, 2.05) is 0 Å². The standard InChI is InChI=1S/C11H19NO/c1-2-3-5-8-12-9-6-4-7-11(12)10-13/h1,11,13H,3-10H2. The average Bonchev–Trinajstić information content (AvgIpc) is 2.19. The summed E-state index contributed by atoms with van der Waals surface area (Å²) >= 11 is 0. The van der Waals surface area contributed by atoms with Crippen molar-refractivity contribution in [1.29, 1.82) is 0 Å². The fraction of sp³-hybridized carbons (Fsp3) is 0.818. The van der Waals surface area contributed by atoms with Gasteiger partial charge < -0.3 is 5.11 Å². The van der Waals surface area contributed by atoms with Crippen molar-refractivity contribution in [2.75, 3.05) is 19.7 Å². The average molecular weight is 181 g/mol. The summed E-state index contributed by atoms with van der Waals surface area (Å²) in [5.41, 5.74) is 0. The summed E-state index contributed by atoms with van der Waals surface area (Å²) in [4.78, 5) is 2.38. The highest BCUT2D eigenvalue weighted by Crippen LogP contribution is 2.16. The van der Waals surface area contributed by atoms with Gasteiger partial charge in [0.25, 0.3) is 0 Å². The molecule has 1 rings (SSSR count). The summed E-state index contributed by atoms with van der Waals surface area (Å²) in [6.45, 7) is 2.49. The van der Waals surface area contributed by atoms with Crippen LogP contribution < -0.4 is 0 Å². The topological polar surface area (TPSA) is 23.5 Å². The second kappa shape index (κ2) is 6.01. The molecule has 1 aliphatic rings. The van der Waals surface area contributed by atoms with Crippen LogP contribution in [0.5, 0.6) is 0 Å². The zero-order valence-corrected chi connectivity index (χ0v) is 8.21. The first-order valence-corrected chi connectivity index (χ1v) is 5.17. The van der Waals surface area contributed by atoms with E-state index in [1.54, 1.807) is 0 Å². The molecule has 74 valence electrons. The van der Waals surface area contributed by atoms with Crippen molar-refractivity contribution in [3.63, 3.8) is 0 Å². The van der Waals surface area contributed by atoms with Crippen LogP contribution in [0.15, 0.2) is 0 Å². The molecule has 1 atom stereocenters. The van der Waals surface area contributed by atoms with E-state index < -0.39 is 0 Å². The number of nitrogens with zero attached hydrogens (tertiary/aromatic N) is 1. The smallest absolute Gasteiger partial charge is 0.0586 e. The van der Waals surface area contributed by atoms with Gasteiger partial charge in [-0.2, -0.15) is 0 Å². The Kier molecular flexibility index (Phi) is 4.88. The predicted molar refractivity (Wildman–Crippen MR) is 54.4 cm³/mol. The van der Waals surface area contributed by atoms with Crippen LogP contribution in [-0.2, 0) is 0 Å². The lowest BCUT2D eigenvalue weighted by Crippen LogP contribution is -2.42. The SMILES string of the molecule is C#CCCCN1CCCCC1CO. The largest absolute Gasteiger partial charge is 0.395 e. The van der Waals surface area contributed by atoms with Crippen molar-refractivity contribution in [1.82, 2.24) is 4.90 Å². The van der Waals surface area contributed by atoms with Crippen LogP contribution in [0.3, 0.4) is 0 Å². The molecule has 0 saturated carbocycles. The number of aliphatic hydroxyl groups is 1. The van der Waals surface area contributed by atoms with Crippen molar-refractivity contribution in [2.24, 2.45) is 0 Å². The molecule has 2 nitrogen and oxygen atoms in total. The minimum atomic E-state index is 0.302. The number of likely N-dealkylation sites (tertiary alicyclic amines) is 1. The molecule has 0 bridgehead atoms. The molecule has 0 radical (unpaired) electrons. The molecule has 0 amide bonds. The zero-order chi connectivity index (χ0) is 9.52. The molecule has 0 aromatic rings. The number of terminal acetylenes is 1. The third kappa shape index (κ3) is 3.38. The molecule has 1 saturated heterocycles. The molecule has 0 aromatic heterocycles. The van der Waals surface area contributed by atoms with Crippen molar-refractivity contribution in [2.45, 2.75) is 38.1 Å². The molecule has 1 N–H and O–H groups in total. The lowest BCUT2D eigenvalue weighted by atomic mass is 10.0. The van der Waals surface area contributed by atoms with Crippen LogP contribution in [-0.4, -0.2) is 35.7 Å². The second-order valence-electron chi connectivity index (χ2n) is 3.68. The van der Waals surface area contributed by atoms with E-state index in [0.717, 1.165) is 32.4 Å². The lowest BCUT2D eigenvalue weighted by molar-refractivity contribution is 0.0896. The number of rotatable bonds is 4. The summed E-state index contributed by atoms with van der Waals surface area (Å²) in [7, 11) is 0. The number of aliphatic hydroxyl groups excluding tert-OH is 1. The van der Waals surface area contributed by atoms with Gasteiger partial charge in [-0.25, -0.2) is 0 Å². The zero-order valence-electron chi connectivity index (χ0n) is 8.21. The first kappa shape index (κ1) is 10.6. The van der Waals surface area contributed by atoms with Gasteiger partial charge in [0.05, 0.1) is 6.61 Å². The maximum absolute atomic E-state index is 9.14. The van der Waals surface area contributed by atoms with Crippen LogP contribution >= 0.6 is 0 Å². The van der Waals surface area contributed by atoms with Gasteiger partial charge in [0.15, 0.2) is 0 Å². The van der Waals surface area contributed by atoms with Crippen molar-refractivity contribution in [3.8, 4) is 12.3 Å². The van der Waals surface area contributed by atoms with Gasteiger partial charge in [-0.05, 0) is 32.4 Å². The second-order valence-corrected chi connectivity index (χ2v) is 3.68. The molecule has 2 heteroatoms. The van der Waals surface area contributed by atoms with Crippen molar-refractivity contribution >= 4 is 0 Å². The van der Waals surface area contributed by atoms with E-state index in [4.69, 9.17) is 11.5 Å². The highest BCUT2D eigenvalue weighted by molar-refractivity contribution is 4.84. The minimum Gasteiger partial charge on any atom is -0.395 e. The molecule has 0 aromatic carbocycles. The molecule has 1 heterocycles. The van der Waals surface area contributed by atoms with Crippen LogP contribution in [0.4, 0.5) is 0 Å². The van der Waals surface area contributed by atoms with Crippen LogP contribution in [0.2, 0.25) is 0 Å². The Labute approximate surface area is 80.9 Å². The predicted octanol–water partition coefficient (Wildman–Crippen LogP) is 1.25. The monoisotopic (exact) mass is 181 g/mol. The van der Waals surface area contributed by atoms with E-state index in [9.17, 15) is 0 Å². The quantitative estimate of drug-likeness (QED) is 0.521. The van der Waals surface area contributed by atoms with E-state index in [-0.39, 0.29) is 0 Å². The number of unbranched alkanes of at least 4 members (excludes halogenated alkanes) is 1. The van der Waals surface area contributed by atoms with Gasteiger partial charge in [-0.15, -0.1) is 12.3 Å². The maximum Gasteiger partial charge on any atom is 0.0586 e. The summed E-state index contributed by atoms with van der Waals surface area (Å²) in [5.74, 6) is 2.65. The Morgan fingerprint density at radius 2 is 2.31 bits per heavy atom. The highest BCUT2D eigenvalue weighted by atomic mass is 16.3. The number of hydrogen-bond acceptors (Lipinski definition) is 2. The van der Waals surface area contributed by atoms with Gasteiger partial charge in [-0.3, -0.25) is 4.90 Å². The maximum atomic E-state index is 9.14. The fourth-order valence-corrected chi connectivity index (χ4v) is 1.95. The summed E-state index contributed by atoms with van der Waals surface area (Å²) < 4.78 is 0. The van der Waals surface area contributed by atoms with Crippen molar-refractivity contribution in [3.05, 3.63) is 0 Å². The van der Waals surface area contributed by atoms with Gasteiger partial charge in [0.2, 0.25) is 0 Å². The first-order chi connectivity index (χ1) is 6.38. The number of piperidine rings is 1. The normalized spacial score (nSPS) is 24.2. The third-order valence-electron chi connectivity index (χ3n) is 2.73. The molecule has 1 unspecified atom stereocenters. The van der Waals surface area contributed by atoms with Crippen LogP contribution in [0.25, 0.3) is 0 Å². The summed E-state index contributed by atoms with van der Waals surface area (Å²) in [6, 6.07) is 0.395. The molecule has 0 spiro atoms. The third-order valence-corrected chi connectivity index (χ3v) is 2.73. The van der Waals surface area contributed by atoms with Gasteiger partial charge in [-0.1, -0.05) is 6.42 Å². The van der Waals surface area contributed by atoms with Gasteiger partial charge in [0, 0.05) is 12.5 Å². The summed E-state index contributed by atoms with van der Waals surface area (Å²) in [6.07, 6.45) is 10.8. The van der Waals surface area contributed by atoms with E-state index in [2.05, 4.69) is 10.8 Å². The number of hydrogen-bond donors (Lipinski definition) is 1. The van der Waals surface area contributed by atoms with Crippen LogP contribution in [0, 0.1) is 12.3 Å². The molecule has 0 aliphatic carbocycles. The van der Waals surface area contributed by atoms with E-state index >= 15 is 0 Å². The first-order valence-electron chi connectivity index (χ1n) is 5.17. The minimum absolute atomic E-state index is 0.302. The molecule has 1 aliphatic heterocycles. The molecule has 1 fully saturated rings. The highest BCUT2D eigenvalue weighted by Gasteiger charge is 2.20. The Morgan fingerprint density at radius 3 is 3.00 bits per heavy atom. The van der Waals surface area contributed by atoms with Crippen molar-refractivity contribution < 1.29 is 5.11 Å². The van der Waals surface area contributed by atoms with Crippen LogP contribution in [0.1, 0.15) is 32.1 Å². The fourth-order valence-electron chi connectivity index (χ4n) is 1.95. The van der Waals surface area contributed by atoms with E-state index in [1.165, 1.54) is 12.8 Å². The van der Waals surface area contributed by atoms with E-state index in [0.29, 0.717) is 12.6 Å². The Morgan fingerprint density at radius 1 is 1.46 bits per heavy atom. The molecule has 13 heavy (non-hydrogen) atoms. The Balaban J connectivity index is 2.24. The Hall–Kier alpha value is -0.520. The summed E-state index contributed by atoms with van der Waals surface area (Å²) in [5, 5.41) is 9.14. The molecular weight excluding hydrogens is 162 g/mol. The molecular formula is C11H19NO. The lowest BCUT2D eigenvalue weighted by Gasteiger charge is -2.34.